The molecule has 1 N–H and O–H groups in total. The van der Waals surface area contributed by atoms with Crippen LogP contribution in [0.25, 0.3) is 11.1 Å². The molecular weight excluding hydrogens is 422 g/mol. The quantitative estimate of drug-likeness (QED) is 0.288. The van der Waals surface area contributed by atoms with Crippen LogP contribution in [0.1, 0.15) is 22.3 Å². The minimum atomic E-state index is -0.396. The summed E-state index contributed by atoms with van der Waals surface area (Å²) in [6, 6.07) is 44.9. The highest BCUT2D eigenvalue weighted by Gasteiger charge is 2.46. The average Bonchev–Trinajstić information content (AvgIpc) is 3.19. The minimum Gasteiger partial charge on any atom is -0.354 e. The predicted molar refractivity (Wildman–Crippen MR) is 138 cm³/mol. The number of halogens is 1. The standard InChI is InChI=1S/C31H22ClN/c32-27-19-9-10-20-28(27)33-29-21-11-18-26-30(29)24-16-7-8-17-25(24)31(26,22-12-3-1-4-13-22)23-14-5-2-6-15-23/h1-21,33H. The van der Waals surface area contributed by atoms with Crippen LogP contribution in [-0.4, -0.2) is 0 Å². The molecule has 0 saturated carbocycles. The van der Waals surface area contributed by atoms with Gasteiger partial charge in [-0.3, -0.25) is 0 Å². The Bertz CT molecular complexity index is 1400. The highest BCUT2D eigenvalue weighted by atomic mass is 35.5. The first-order valence-electron chi connectivity index (χ1n) is 11.2. The molecule has 0 saturated heterocycles. The first-order valence-corrected chi connectivity index (χ1v) is 11.5. The van der Waals surface area contributed by atoms with Gasteiger partial charge in [0.2, 0.25) is 0 Å². The van der Waals surface area contributed by atoms with E-state index >= 15 is 0 Å². The van der Waals surface area contributed by atoms with E-state index in [-0.39, 0.29) is 0 Å². The lowest BCUT2D eigenvalue weighted by Gasteiger charge is -2.33. The topological polar surface area (TPSA) is 12.0 Å². The lowest BCUT2D eigenvalue weighted by Crippen LogP contribution is -2.28. The Morgan fingerprint density at radius 2 is 1.03 bits per heavy atom. The molecule has 1 nitrogen and oxygen atoms in total. The Morgan fingerprint density at radius 3 is 1.73 bits per heavy atom. The second kappa shape index (κ2) is 7.95. The molecule has 1 aliphatic rings. The van der Waals surface area contributed by atoms with Crippen LogP contribution in [0.2, 0.25) is 5.02 Å². The van der Waals surface area contributed by atoms with Gasteiger partial charge in [-0.15, -0.1) is 0 Å². The van der Waals surface area contributed by atoms with Gasteiger partial charge in [-0.1, -0.05) is 121 Å². The van der Waals surface area contributed by atoms with E-state index in [9.17, 15) is 0 Å². The van der Waals surface area contributed by atoms with Crippen LogP contribution in [0.15, 0.2) is 127 Å². The van der Waals surface area contributed by atoms with Gasteiger partial charge in [0.1, 0.15) is 0 Å². The van der Waals surface area contributed by atoms with Gasteiger partial charge >= 0.3 is 0 Å². The van der Waals surface area contributed by atoms with Crippen LogP contribution in [0.3, 0.4) is 0 Å². The number of anilines is 2. The van der Waals surface area contributed by atoms with Crippen molar-refractivity contribution < 1.29 is 0 Å². The highest BCUT2D eigenvalue weighted by molar-refractivity contribution is 6.33. The van der Waals surface area contributed by atoms with Crippen molar-refractivity contribution in [2.24, 2.45) is 0 Å². The van der Waals surface area contributed by atoms with Gasteiger partial charge in [0, 0.05) is 11.3 Å². The molecule has 0 fully saturated rings. The molecule has 0 unspecified atom stereocenters. The second-order valence-corrected chi connectivity index (χ2v) is 8.77. The first kappa shape index (κ1) is 19.8. The Morgan fingerprint density at radius 1 is 0.485 bits per heavy atom. The van der Waals surface area contributed by atoms with Crippen molar-refractivity contribution in [3.05, 3.63) is 155 Å². The summed E-state index contributed by atoms with van der Waals surface area (Å²) >= 11 is 6.51. The number of benzene rings is 5. The summed E-state index contributed by atoms with van der Waals surface area (Å²) in [7, 11) is 0. The lowest BCUT2D eigenvalue weighted by molar-refractivity contribution is 0.768. The fourth-order valence-electron chi connectivity index (χ4n) is 5.31. The molecule has 2 heteroatoms. The van der Waals surface area contributed by atoms with Crippen LogP contribution in [0.4, 0.5) is 11.4 Å². The third-order valence-corrected chi connectivity index (χ3v) is 6.96. The molecular formula is C31H22ClN. The maximum Gasteiger partial charge on any atom is 0.0714 e. The van der Waals surface area contributed by atoms with Crippen molar-refractivity contribution >= 4 is 23.0 Å². The average molecular weight is 444 g/mol. The fraction of sp³-hybridized carbons (Fsp3) is 0.0323. The summed E-state index contributed by atoms with van der Waals surface area (Å²) in [5.74, 6) is 0. The minimum absolute atomic E-state index is 0.396. The van der Waals surface area contributed by atoms with Gasteiger partial charge in [-0.25, -0.2) is 0 Å². The van der Waals surface area contributed by atoms with Crippen molar-refractivity contribution in [3.63, 3.8) is 0 Å². The third kappa shape index (κ3) is 3.01. The molecule has 33 heavy (non-hydrogen) atoms. The fourth-order valence-corrected chi connectivity index (χ4v) is 5.49. The zero-order valence-electron chi connectivity index (χ0n) is 18.0. The van der Waals surface area contributed by atoms with E-state index in [1.807, 2.05) is 24.3 Å². The van der Waals surface area contributed by atoms with Gasteiger partial charge in [-0.2, -0.15) is 0 Å². The maximum absolute atomic E-state index is 6.51. The summed E-state index contributed by atoms with van der Waals surface area (Å²) < 4.78 is 0. The van der Waals surface area contributed by atoms with Gasteiger partial charge in [-0.05, 0) is 46.0 Å². The van der Waals surface area contributed by atoms with E-state index in [1.54, 1.807) is 0 Å². The molecule has 6 rings (SSSR count). The number of fused-ring (bicyclic) bond motifs is 3. The van der Waals surface area contributed by atoms with Crippen molar-refractivity contribution in [2.75, 3.05) is 5.32 Å². The van der Waals surface area contributed by atoms with Gasteiger partial charge in [0.05, 0.1) is 16.1 Å². The second-order valence-electron chi connectivity index (χ2n) is 8.36. The zero-order chi connectivity index (χ0) is 22.3. The van der Waals surface area contributed by atoms with Crippen LogP contribution >= 0.6 is 11.6 Å². The summed E-state index contributed by atoms with van der Waals surface area (Å²) in [6.45, 7) is 0. The number of hydrogen-bond donors (Lipinski definition) is 1. The lowest BCUT2D eigenvalue weighted by atomic mass is 9.68. The summed E-state index contributed by atoms with van der Waals surface area (Å²) in [6.07, 6.45) is 0. The number of rotatable bonds is 4. The Balaban J connectivity index is 1.69. The molecule has 0 heterocycles. The Hall–Kier alpha value is -3.81. The van der Waals surface area contributed by atoms with Crippen molar-refractivity contribution in [2.45, 2.75) is 5.41 Å². The van der Waals surface area contributed by atoms with Crippen molar-refractivity contribution in [3.8, 4) is 11.1 Å². The largest absolute Gasteiger partial charge is 0.354 e. The van der Waals surface area contributed by atoms with Gasteiger partial charge < -0.3 is 5.32 Å². The van der Waals surface area contributed by atoms with Crippen molar-refractivity contribution in [1.29, 1.82) is 0 Å². The molecule has 0 amide bonds. The third-order valence-electron chi connectivity index (χ3n) is 6.63. The molecule has 0 atom stereocenters. The predicted octanol–water partition coefficient (Wildman–Crippen LogP) is 8.45. The van der Waals surface area contributed by atoms with E-state index < -0.39 is 5.41 Å². The van der Waals surface area contributed by atoms with E-state index in [1.165, 1.54) is 33.4 Å². The number of para-hydroxylation sites is 1. The van der Waals surface area contributed by atoms with E-state index in [4.69, 9.17) is 11.6 Å². The Kier molecular flexibility index (Phi) is 4.78. The number of hydrogen-bond acceptors (Lipinski definition) is 1. The maximum atomic E-state index is 6.51. The Labute approximate surface area is 199 Å². The number of nitrogens with one attached hydrogen (secondary N) is 1. The van der Waals surface area contributed by atoms with Gasteiger partial charge in [0.15, 0.2) is 0 Å². The highest BCUT2D eigenvalue weighted by Crippen LogP contribution is 2.58. The summed E-state index contributed by atoms with van der Waals surface area (Å²) in [4.78, 5) is 0. The molecule has 0 radical (unpaired) electrons. The zero-order valence-corrected chi connectivity index (χ0v) is 18.8. The molecule has 5 aromatic rings. The van der Waals surface area contributed by atoms with E-state index in [0.29, 0.717) is 5.02 Å². The van der Waals surface area contributed by atoms with E-state index in [2.05, 4.69) is 108 Å². The van der Waals surface area contributed by atoms with Crippen LogP contribution < -0.4 is 5.32 Å². The van der Waals surface area contributed by atoms with Crippen LogP contribution in [-0.2, 0) is 5.41 Å². The van der Waals surface area contributed by atoms with Gasteiger partial charge in [0.25, 0.3) is 0 Å². The van der Waals surface area contributed by atoms with Crippen LogP contribution in [0, 0.1) is 0 Å². The van der Waals surface area contributed by atoms with Crippen LogP contribution in [0.5, 0.6) is 0 Å². The molecule has 0 aliphatic heterocycles. The monoisotopic (exact) mass is 443 g/mol. The molecule has 0 bridgehead atoms. The summed E-state index contributed by atoms with van der Waals surface area (Å²) in [5.41, 5.74) is 9.13. The molecule has 0 spiro atoms. The SMILES string of the molecule is Clc1ccccc1Nc1cccc2c1-c1ccccc1C2(c1ccccc1)c1ccccc1. The van der Waals surface area contributed by atoms with E-state index in [0.717, 1.165) is 11.4 Å². The smallest absolute Gasteiger partial charge is 0.0714 e. The molecule has 158 valence electrons. The molecule has 0 aromatic heterocycles. The van der Waals surface area contributed by atoms with Crippen molar-refractivity contribution in [1.82, 2.24) is 0 Å². The molecule has 5 aromatic carbocycles. The summed E-state index contributed by atoms with van der Waals surface area (Å²) in [5, 5.41) is 4.33. The normalized spacial score (nSPS) is 13.2. The molecule has 1 aliphatic carbocycles. The first-order chi connectivity index (χ1) is 16.3.